The van der Waals surface area contributed by atoms with Crippen LogP contribution in [0.5, 0.6) is 0 Å². The third-order valence-electron chi connectivity index (χ3n) is 3.37. The number of hydrogen-bond acceptors (Lipinski definition) is 2. The molecule has 116 valence electrons. The summed E-state index contributed by atoms with van der Waals surface area (Å²) in [6.45, 7) is 1.78. The Bertz CT molecular complexity index is 674. The molecule has 1 aromatic carbocycles. The number of hydrogen-bond donors (Lipinski definition) is 1. The maximum Gasteiger partial charge on any atom is 0.293 e. The van der Waals surface area contributed by atoms with Gasteiger partial charge in [0.25, 0.3) is 5.91 Å². The van der Waals surface area contributed by atoms with Gasteiger partial charge in [-0.1, -0.05) is 11.6 Å². The van der Waals surface area contributed by atoms with Crippen molar-refractivity contribution in [3.8, 4) is 0 Å². The Kier molecular flexibility index (Phi) is 4.98. The van der Waals surface area contributed by atoms with Gasteiger partial charge < -0.3 is 10.2 Å². The van der Waals surface area contributed by atoms with Gasteiger partial charge in [-0.05, 0) is 18.2 Å². The van der Waals surface area contributed by atoms with E-state index in [1.54, 1.807) is 11.5 Å². The first-order valence-electron chi connectivity index (χ1n) is 6.82. The van der Waals surface area contributed by atoms with E-state index in [1.807, 2.05) is 43.5 Å². The van der Waals surface area contributed by atoms with Crippen LogP contribution in [0.25, 0.3) is 0 Å². The van der Waals surface area contributed by atoms with E-state index < -0.39 is 11.9 Å². The van der Waals surface area contributed by atoms with Crippen molar-refractivity contribution in [2.75, 3.05) is 24.3 Å². The molecule has 1 N–H and O–H groups in total. The zero-order valence-electron chi connectivity index (χ0n) is 12.7. The van der Waals surface area contributed by atoms with E-state index in [4.69, 9.17) is 11.6 Å². The zero-order valence-corrected chi connectivity index (χ0v) is 13.4. The maximum absolute atomic E-state index is 13.0. The van der Waals surface area contributed by atoms with Gasteiger partial charge >= 0.3 is 0 Å². The largest absolute Gasteiger partial charge is 0.377 e. The summed E-state index contributed by atoms with van der Waals surface area (Å²) in [5.41, 5.74) is 1.44. The Morgan fingerprint density at radius 2 is 1.91 bits per heavy atom. The highest BCUT2D eigenvalue weighted by Crippen LogP contribution is 2.23. The lowest BCUT2D eigenvalue weighted by atomic mass is 10.2. The number of halogens is 2. The third-order valence-corrected chi connectivity index (χ3v) is 3.68. The molecule has 22 heavy (non-hydrogen) atoms. The second kappa shape index (κ2) is 6.75. The number of nitrogens with one attached hydrogen (secondary N) is 1. The monoisotopic (exact) mass is 322 g/mol. The summed E-state index contributed by atoms with van der Waals surface area (Å²) in [6.07, 6.45) is 3.68. The summed E-state index contributed by atoms with van der Waals surface area (Å²) >= 11 is 5.91. The van der Waals surface area contributed by atoms with Crippen molar-refractivity contribution in [3.63, 3.8) is 0 Å². The summed E-state index contributed by atoms with van der Waals surface area (Å²) < 4.78 is 14.8. The smallest absolute Gasteiger partial charge is 0.293 e. The van der Waals surface area contributed by atoms with E-state index >= 15 is 0 Å². The predicted molar refractivity (Wildman–Crippen MR) is 85.7 cm³/mol. The van der Waals surface area contributed by atoms with Gasteiger partial charge in [-0.3, -0.25) is 4.79 Å². The molecule has 1 atom stereocenters. The fourth-order valence-corrected chi connectivity index (χ4v) is 2.16. The Morgan fingerprint density at radius 1 is 1.27 bits per heavy atom. The van der Waals surface area contributed by atoms with E-state index in [2.05, 4.69) is 5.32 Å². The SMILES string of the molecule is C[C@H](C(=O)Nc1ccc(F)cc1Cl)[n+]1ccc(N(C)C)cc1. The molecular formula is C16H18ClFN3O+. The summed E-state index contributed by atoms with van der Waals surface area (Å²) in [5, 5.41) is 2.88. The molecule has 1 aromatic heterocycles. The van der Waals surface area contributed by atoms with Crippen LogP contribution in [-0.4, -0.2) is 20.0 Å². The van der Waals surface area contributed by atoms with Gasteiger partial charge in [0.05, 0.1) is 10.7 Å². The number of carbonyl (C=O) groups is 1. The lowest BCUT2D eigenvalue weighted by Gasteiger charge is -2.13. The summed E-state index contributed by atoms with van der Waals surface area (Å²) in [7, 11) is 3.90. The van der Waals surface area contributed by atoms with Crippen molar-refractivity contribution in [2.45, 2.75) is 13.0 Å². The first-order chi connectivity index (χ1) is 10.4. The average molecular weight is 323 g/mol. The van der Waals surface area contributed by atoms with Crippen molar-refractivity contribution >= 4 is 28.9 Å². The van der Waals surface area contributed by atoms with Crippen molar-refractivity contribution in [1.82, 2.24) is 0 Å². The minimum absolute atomic E-state index is 0.175. The molecule has 0 radical (unpaired) electrons. The third kappa shape index (κ3) is 3.74. The standard InChI is InChI=1S/C16H17ClFN3O/c1-11(21-8-6-13(7-9-21)20(2)3)16(22)19-15-5-4-12(18)10-14(15)17/h4-11H,1-3H3/p+1/t11-/m1/s1. The molecule has 0 aliphatic heterocycles. The summed E-state index contributed by atoms with van der Waals surface area (Å²) in [4.78, 5) is 14.3. The van der Waals surface area contributed by atoms with Gasteiger partial charge in [0.15, 0.2) is 12.4 Å². The lowest BCUT2D eigenvalue weighted by molar-refractivity contribution is -0.705. The molecule has 0 fully saturated rings. The van der Waals surface area contributed by atoms with Gasteiger partial charge in [0.1, 0.15) is 5.82 Å². The second-order valence-corrected chi connectivity index (χ2v) is 5.59. The molecule has 0 aliphatic carbocycles. The normalized spacial score (nSPS) is 11.9. The van der Waals surface area contributed by atoms with Gasteiger partial charge in [0.2, 0.25) is 6.04 Å². The van der Waals surface area contributed by atoms with Gasteiger partial charge in [-0.2, -0.15) is 4.57 Å². The Balaban J connectivity index is 2.11. The highest BCUT2D eigenvalue weighted by Gasteiger charge is 2.22. The first kappa shape index (κ1) is 16.2. The van der Waals surface area contributed by atoms with Gasteiger partial charge in [-0.25, -0.2) is 4.39 Å². The number of nitrogens with zero attached hydrogens (tertiary/aromatic N) is 2. The zero-order chi connectivity index (χ0) is 16.3. The van der Waals surface area contributed by atoms with Crippen LogP contribution in [0.1, 0.15) is 13.0 Å². The average Bonchev–Trinajstić information content (AvgIpc) is 2.49. The number of benzene rings is 1. The summed E-state index contributed by atoms with van der Waals surface area (Å²) in [6, 6.07) is 7.30. The summed E-state index contributed by atoms with van der Waals surface area (Å²) in [5.74, 6) is -0.666. The maximum atomic E-state index is 13.0. The number of rotatable bonds is 4. The number of anilines is 2. The molecule has 0 spiro atoms. The molecule has 2 aromatic rings. The molecule has 1 heterocycles. The minimum atomic E-state index is -0.440. The molecule has 6 heteroatoms. The van der Waals surface area contributed by atoms with Crippen LogP contribution in [0.4, 0.5) is 15.8 Å². The number of amides is 1. The van der Waals surface area contributed by atoms with Crippen LogP contribution in [-0.2, 0) is 4.79 Å². The van der Waals surface area contributed by atoms with E-state index in [0.29, 0.717) is 5.69 Å². The quantitative estimate of drug-likeness (QED) is 0.878. The highest BCUT2D eigenvalue weighted by atomic mass is 35.5. The van der Waals surface area contributed by atoms with Crippen molar-refractivity contribution in [3.05, 3.63) is 53.6 Å². The molecule has 4 nitrogen and oxygen atoms in total. The number of aromatic nitrogens is 1. The Morgan fingerprint density at radius 3 is 2.45 bits per heavy atom. The van der Waals surface area contributed by atoms with Crippen LogP contribution in [0.2, 0.25) is 5.02 Å². The number of pyridine rings is 1. The van der Waals surface area contributed by atoms with Crippen molar-refractivity contribution in [2.24, 2.45) is 0 Å². The van der Waals surface area contributed by atoms with Crippen LogP contribution < -0.4 is 14.8 Å². The van der Waals surface area contributed by atoms with Gasteiger partial charge in [-0.15, -0.1) is 0 Å². The van der Waals surface area contributed by atoms with Crippen LogP contribution in [0.3, 0.4) is 0 Å². The molecule has 0 saturated heterocycles. The van der Waals surface area contributed by atoms with Gasteiger partial charge in [0, 0.05) is 38.8 Å². The van der Waals surface area contributed by atoms with E-state index in [1.165, 1.54) is 18.2 Å². The molecule has 0 saturated carbocycles. The van der Waals surface area contributed by atoms with Crippen LogP contribution in [0, 0.1) is 5.82 Å². The first-order valence-corrected chi connectivity index (χ1v) is 7.20. The second-order valence-electron chi connectivity index (χ2n) is 5.19. The minimum Gasteiger partial charge on any atom is -0.377 e. The topological polar surface area (TPSA) is 36.2 Å². The van der Waals surface area contributed by atoms with Crippen LogP contribution in [0.15, 0.2) is 42.7 Å². The molecule has 0 unspecified atom stereocenters. The van der Waals surface area contributed by atoms with E-state index in [0.717, 1.165) is 5.69 Å². The number of carbonyl (C=O) groups excluding carboxylic acids is 1. The Hall–Kier alpha value is -2.14. The van der Waals surface area contributed by atoms with Crippen LogP contribution >= 0.6 is 11.6 Å². The molecule has 0 aliphatic rings. The molecule has 1 amide bonds. The van der Waals surface area contributed by atoms with Crippen molar-refractivity contribution < 1.29 is 13.8 Å². The molecular weight excluding hydrogens is 305 g/mol. The van der Waals surface area contributed by atoms with E-state index in [9.17, 15) is 9.18 Å². The molecule has 0 bridgehead atoms. The van der Waals surface area contributed by atoms with Crippen molar-refractivity contribution in [1.29, 1.82) is 0 Å². The van der Waals surface area contributed by atoms with E-state index in [-0.39, 0.29) is 10.9 Å². The Labute approximate surface area is 134 Å². The fourth-order valence-electron chi connectivity index (χ4n) is 1.95. The highest BCUT2D eigenvalue weighted by molar-refractivity contribution is 6.33. The predicted octanol–water partition coefficient (Wildman–Crippen LogP) is 3.03. The fraction of sp³-hybridized carbons (Fsp3) is 0.250. The lowest BCUT2D eigenvalue weighted by Crippen LogP contribution is -2.44. The molecule has 2 rings (SSSR count).